The summed E-state index contributed by atoms with van der Waals surface area (Å²) in [6.07, 6.45) is 2.56. The monoisotopic (exact) mass is 272 g/mol. The third-order valence-electron chi connectivity index (χ3n) is 2.83. The summed E-state index contributed by atoms with van der Waals surface area (Å²) in [5.41, 5.74) is 1.79. The van der Waals surface area contributed by atoms with E-state index in [0.717, 1.165) is 23.7 Å². The summed E-state index contributed by atoms with van der Waals surface area (Å²) in [5, 5.41) is 0.879. The van der Waals surface area contributed by atoms with Crippen LogP contribution in [0.2, 0.25) is 0 Å². The molecule has 2 atom stereocenters. The summed E-state index contributed by atoms with van der Waals surface area (Å²) >= 11 is 3.42. The smallest absolute Gasteiger partial charge is 0.126 e. The maximum Gasteiger partial charge on any atom is 0.126 e. The zero-order valence-electron chi connectivity index (χ0n) is 8.67. The predicted octanol–water partition coefficient (Wildman–Crippen LogP) is 3.75. The highest BCUT2D eigenvalue weighted by molar-refractivity contribution is 9.09. The Morgan fingerprint density at radius 1 is 1.47 bits per heavy atom. The Kier molecular flexibility index (Phi) is 3.42. The lowest BCUT2D eigenvalue weighted by molar-refractivity contribution is 0.0588. The van der Waals surface area contributed by atoms with Crippen LogP contribution in [0.1, 0.15) is 30.1 Å². The van der Waals surface area contributed by atoms with Gasteiger partial charge in [0.25, 0.3) is 0 Å². The van der Waals surface area contributed by atoms with Crippen LogP contribution in [0.25, 0.3) is 0 Å². The van der Waals surface area contributed by atoms with Gasteiger partial charge in [0, 0.05) is 5.33 Å². The van der Waals surface area contributed by atoms with Gasteiger partial charge in [0.2, 0.25) is 0 Å². The molecule has 1 saturated heterocycles. The molecule has 1 nitrogen and oxygen atoms in total. The first-order valence-corrected chi connectivity index (χ1v) is 6.30. The molecule has 0 amide bonds. The van der Waals surface area contributed by atoms with Crippen LogP contribution in [0.3, 0.4) is 0 Å². The highest BCUT2D eigenvalue weighted by Crippen LogP contribution is 2.33. The molecule has 82 valence electrons. The lowest BCUT2D eigenvalue weighted by Gasteiger charge is -2.13. The Morgan fingerprint density at radius 3 is 2.87 bits per heavy atom. The molecule has 0 spiro atoms. The molecule has 0 aromatic heterocycles. The molecule has 15 heavy (non-hydrogen) atoms. The predicted molar refractivity (Wildman–Crippen MR) is 61.8 cm³/mol. The van der Waals surface area contributed by atoms with Gasteiger partial charge < -0.3 is 4.74 Å². The van der Waals surface area contributed by atoms with E-state index >= 15 is 0 Å². The van der Waals surface area contributed by atoms with Crippen LogP contribution in [0.15, 0.2) is 18.2 Å². The Hall–Kier alpha value is -0.410. The lowest BCUT2D eigenvalue weighted by Crippen LogP contribution is -2.07. The molecule has 0 aliphatic carbocycles. The van der Waals surface area contributed by atoms with Crippen molar-refractivity contribution < 1.29 is 9.13 Å². The molecule has 1 aliphatic heterocycles. The number of alkyl halides is 1. The molecular weight excluding hydrogens is 259 g/mol. The number of ether oxygens (including phenoxy) is 1. The fourth-order valence-corrected chi connectivity index (χ4v) is 2.41. The molecule has 0 bridgehead atoms. The first-order chi connectivity index (χ1) is 7.20. The first-order valence-electron chi connectivity index (χ1n) is 5.18. The van der Waals surface area contributed by atoms with E-state index in [0.29, 0.717) is 11.7 Å². The van der Waals surface area contributed by atoms with Crippen molar-refractivity contribution in [3.63, 3.8) is 0 Å². The maximum atomic E-state index is 13.1. The number of aryl methyl sites for hydroxylation is 1. The maximum absolute atomic E-state index is 13.1. The number of halogens is 2. The number of hydrogen-bond donors (Lipinski definition) is 0. The molecule has 0 saturated carbocycles. The van der Waals surface area contributed by atoms with Crippen molar-refractivity contribution in [1.82, 2.24) is 0 Å². The van der Waals surface area contributed by atoms with E-state index in [1.165, 1.54) is 6.07 Å². The average molecular weight is 273 g/mol. The van der Waals surface area contributed by atoms with E-state index in [1.807, 2.05) is 12.1 Å². The van der Waals surface area contributed by atoms with E-state index in [-0.39, 0.29) is 11.9 Å². The third-order valence-corrected chi connectivity index (χ3v) is 3.56. The minimum Gasteiger partial charge on any atom is -0.369 e. The third kappa shape index (κ3) is 2.40. The fourth-order valence-electron chi connectivity index (χ4n) is 1.93. The Balaban J connectivity index is 2.13. The SMILES string of the molecule is Cc1cc(C2CCC(CBr)O2)ccc1F. The Bertz CT molecular complexity index is 353. The van der Waals surface area contributed by atoms with E-state index in [4.69, 9.17) is 4.74 Å². The van der Waals surface area contributed by atoms with Gasteiger partial charge in [0.15, 0.2) is 0 Å². The van der Waals surface area contributed by atoms with E-state index in [2.05, 4.69) is 15.9 Å². The van der Waals surface area contributed by atoms with Crippen LogP contribution in [0.4, 0.5) is 4.39 Å². The fraction of sp³-hybridized carbons (Fsp3) is 0.500. The highest BCUT2D eigenvalue weighted by Gasteiger charge is 2.25. The highest BCUT2D eigenvalue weighted by atomic mass is 79.9. The van der Waals surface area contributed by atoms with Gasteiger partial charge in [-0.2, -0.15) is 0 Å². The van der Waals surface area contributed by atoms with Crippen LogP contribution < -0.4 is 0 Å². The second-order valence-corrected chi connectivity index (χ2v) is 4.63. The molecule has 1 aliphatic rings. The topological polar surface area (TPSA) is 9.23 Å². The molecule has 1 fully saturated rings. The minimum atomic E-state index is -0.145. The first kappa shape index (κ1) is 11.1. The van der Waals surface area contributed by atoms with Crippen LogP contribution in [-0.2, 0) is 4.74 Å². The molecule has 2 rings (SSSR count). The van der Waals surface area contributed by atoms with Gasteiger partial charge in [0.1, 0.15) is 5.82 Å². The van der Waals surface area contributed by atoms with Crippen molar-refractivity contribution in [3.8, 4) is 0 Å². The Labute approximate surface area is 97.8 Å². The van der Waals surface area contributed by atoms with Crippen molar-refractivity contribution >= 4 is 15.9 Å². The molecule has 1 aromatic rings. The van der Waals surface area contributed by atoms with Gasteiger partial charge in [0.05, 0.1) is 12.2 Å². The molecule has 1 heterocycles. The number of rotatable bonds is 2. The molecule has 0 radical (unpaired) electrons. The molecule has 3 heteroatoms. The average Bonchev–Trinajstić information content (AvgIpc) is 2.70. The van der Waals surface area contributed by atoms with Gasteiger partial charge in [-0.05, 0) is 37.0 Å². The van der Waals surface area contributed by atoms with Gasteiger partial charge in [-0.15, -0.1) is 0 Å². The van der Waals surface area contributed by atoms with E-state index < -0.39 is 0 Å². The normalized spacial score (nSPS) is 25.8. The van der Waals surface area contributed by atoms with Crippen molar-refractivity contribution in [2.24, 2.45) is 0 Å². The summed E-state index contributed by atoms with van der Waals surface area (Å²) in [7, 11) is 0. The van der Waals surface area contributed by atoms with Crippen LogP contribution in [-0.4, -0.2) is 11.4 Å². The molecule has 1 aromatic carbocycles. The van der Waals surface area contributed by atoms with Gasteiger partial charge in [-0.1, -0.05) is 28.1 Å². The van der Waals surface area contributed by atoms with Crippen molar-refractivity contribution in [1.29, 1.82) is 0 Å². The molecular formula is C12H14BrFO. The lowest BCUT2D eigenvalue weighted by atomic mass is 10.0. The quantitative estimate of drug-likeness (QED) is 0.746. The zero-order chi connectivity index (χ0) is 10.8. The zero-order valence-corrected chi connectivity index (χ0v) is 10.3. The second kappa shape index (κ2) is 4.62. The molecule has 0 N–H and O–H groups in total. The van der Waals surface area contributed by atoms with Gasteiger partial charge in [-0.3, -0.25) is 0 Å². The van der Waals surface area contributed by atoms with Crippen molar-refractivity contribution in [2.45, 2.75) is 32.0 Å². The Morgan fingerprint density at radius 2 is 2.27 bits per heavy atom. The molecule has 2 unspecified atom stereocenters. The minimum absolute atomic E-state index is 0.145. The second-order valence-electron chi connectivity index (χ2n) is 3.99. The van der Waals surface area contributed by atoms with Crippen molar-refractivity contribution in [2.75, 3.05) is 5.33 Å². The summed E-state index contributed by atoms with van der Waals surface area (Å²) in [5.74, 6) is -0.145. The summed E-state index contributed by atoms with van der Waals surface area (Å²) in [6.45, 7) is 1.79. The van der Waals surface area contributed by atoms with E-state index in [1.54, 1.807) is 6.92 Å². The standard InChI is InChI=1S/C12H14BrFO/c1-8-6-9(2-4-11(8)14)12-5-3-10(7-13)15-12/h2,4,6,10,12H,3,5,7H2,1H3. The van der Waals surface area contributed by atoms with Crippen LogP contribution >= 0.6 is 15.9 Å². The van der Waals surface area contributed by atoms with E-state index in [9.17, 15) is 4.39 Å². The summed E-state index contributed by atoms with van der Waals surface area (Å²) in [6, 6.07) is 5.23. The summed E-state index contributed by atoms with van der Waals surface area (Å²) in [4.78, 5) is 0. The van der Waals surface area contributed by atoms with Gasteiger partial charge >= 0.3 is 0 Å². The number of hydrogen-bond acceptors (Lipinski definition) is 1. The summed E-state index contributed by atoms with van der Waals surface area (Å²) < 4.78 is 18.9. The van der Waals surface area contributed by atoms with Gasteiger partial charge in [-0.25, -0.2) is 4.39 Å². The number of benzene rings is 1. The van der Waals surface area contributed by atoms with Crippen molar-refractivity contribution in [3.05, 3.63) is 35.1 Å². The van der Waals surface area contributed by atoms with Crippen LogP contribution in [0.5, 0.6) is 0 Å². The van der Waals surface area contributed by atoms with Crippen LogP contribution in [0, 0.1) is 12.7 Å². The largest absolute Gasteiger partial charge is 0.369 e.